The lowest BCUT2D eigenvalue weighted by atomic mass is 10.1. The van der Waals surface area contributed by atoms with Crippen LogP contribution in [0.1, 0.15) is 22.3 Å². The summed E-state index contributed by atoms with van der Waals surface area (Å²) < 4.78 is 32.8. The van der Waals surface area contributed by atoms with Crippen LogP contribution in [0.5, 0.6) is 0 Å². The van der Waals surface area contributed by atoms with Crippen LogP contribution in [0.3, 0.4) is 0 Å². The van der Waals surface area contributed by atoms with Crippen molar-refractivity contribution >= 4 is 27.3 Å². The van der Waals surface area contributed by atoms with Crippen molar-refractivity contribution in [2.24, 2.45) is 0 Å². The summed E-state index contributed by atoms with van der Waals surface area (Å²) in [7, 11) is -2.09. The molecule has 144 valence electrons. The number of fused-ring (bicyclic) bond motifs is 1. The molecule has 2 aromatic carbocycles. The van der Waals surface area contributed by atoms with Crippen LogP contribution in [-0.4, -0.2) is 34.6 Å². The summed E-state index contributed by atoms with van der Waals surface area (Å²) in [5.74, 6) is -0.226. The maximum absolute atomic E-state index is 12.6. The fraction of sp³-hybridized carbons (Fsp3) is 0.350. The standard InChI is InChI=1S/C20H24N2O4S/c1-14-4-5-15(2)17(10-14)13-27(24,25)21-18-7-6-16-8-9-22(19(16)11-18)20(23)12-26-3/h4-7,10-11,21H,8-9,12-13H2,1-3H3. The summed E-state index contributed by atoms with van der Waals surface area (Å²) in [5.41, 5.74) is 4.96. The lowest BCUT2D eigenvalue weighted by molar-refractivity contribution is -0.122. The van der Waals surface area contributed by atoms with E-state index in [1.807, 2.05) is 38.1 Å². The van der Waals surface area contributed by atoms with Gasteiger partial charge in [0.1, 0.15) is 6.61 Å². The first-order valence-electron chi connectivity index (χ1n) is 8.78. The van der Waals surface area contributed by atoms with Crippen LogP contribution in [0, 0.1) is 13.8 Å². The second-order valence-electron chi connectivity index (χ2n) is 6.86. The molecule has 27 heavy (non-hydrogen) atoms. The van der Waals surface area contributed by atoms with E-state index < -0.39 is 10.0 Å². The van der Waals surface area contributed by atoms with Crippen LogP contribution in [0.15, 0.2) is 36.4 Å². The Morgan fingerprint density at radius 2 is 1.96 bits per heavy atom. The Hall–Kier alpha value is -2.38. The smallest absolute Gasteiger partial charge is 0.252 e. The fourth-order valence-corrected chi connectivity index (χ4v) is 4.56. The van der Waals surface area contributed by atoms with Crippen molar-refractivity contribution in [3.63, 3.8) is 0 Å². The number of rotatable bonds is 6. The highest BCUT2D eigenvalue weighted by Gasteiger charge is 2.25. The van der Waals surface area contributed by atoms with Crippen LogP contribution in [0.4, 0.5) is 11.4 Å². The van der Waals surface area contributed by atoms with Gasteiger partial charge in [-0.05, 0) is 49.1 Å². The number of hydrogen-bond acceptors (Lipinski definition) is 4. The highest BCUT2D eigenvalue weighted by Crippen LogP contribution is 2.31. The number of amides is 1. The van der Waals surface area contributed by atoms with E-state index in [-0.39, 0.29) is 18.3 Å². The molecule has 1 aliphatic rings. The molecule has 0 unspecified atom stereocenters. The first-order valence-corrected chi connectivity index (χ1v) is 10.4. The topological polar surface area (TPSA) is 75.7 Å². The number of carbonyl (C=O) groups is 1. The van der Waals surface area contributed by atoms with Gasteiger partial charge >= 0.3 is 0 Å². The number of methoxy groups -OCH3 is 1. The van der Waals surface area contributed by atoms with Gasteiger partial charge in [0.05, 0.1) is 11.4 Å². The number of carbonyl (C=O) groups excluding carboxylic acids is 1. The van der Waals surface area contributed by atoms with Crippen LogP contribution >= 0.6 is 0 Å². The third kappa shape index (κ3) is 4.48. The van der Waals surface area contributed by atoms with Crippen LogP contribution in [0.25, 0.3) is 0 Å². The van der Waals surface area contributed by atoms with Crippen LogP contribution in [-0.2, 0) is 31.7 Å². The highest BCUT2D eigenvalue weighted by atomic mass is 32.2. The molecule has 7 heteroatoms. The Bertz CT molecular complexity index is 970. The molecule has 1 aliphatic heterocycles. The zero-order valence-electron chi connectivity index (χ0n) is 15.8. The Balaban J connectivity index is 1.80. The molecule has 0 radical (unpaired) electrons. The van der Waals surface area contributed by atoms with Gasteiger partial charge in [0.2, 0.25) is 10.0 Å². The summed E-state index contributed by atoms with van der Waals surface area (Å²) in [6.07, 6.45) is 0.750. The number of aryl methyl sites for hydroxylation is 2. The van der Waals surface area contributed by atoms with E-state index in [0.29, 0.717) is 12.2 Å². The molecule has 0 fully saturated rings. The van der Waals surface area contributed by atoms with E-state index in [1.165, 1.54) is 7.11 Å². The number of ether oxygens (including phenoxy) is 1. The first-order chi connectivity index (χ1) is 12.8. The van der Waals surface area contributed by atoms with Gasteiger partial charge in [-0.3, -0.25) is 9.52 Å². The van der Waals surface area contributed by atoms with Crippen molar-refractivity contribution in [2.75, 3.05) is 29.9 Å². The maximum atomic E-state index is 12.6. The van der Waals surface area contributed by atoms with E-state index in [0.717, 1.165) is 34.4 Å². The summed E-state index contributed by atoms with van der Waals surface area (Å²) in [5, 5.41) is 0. The third-order valence-electron chi connectivity index (χ3n) is 4.67. The molecule has 3 rings (SSSR count). The summed E-state index contributed by atoms with van der Waals surface area (Å²) in [4.78, 5) is 13.8. The van der Waals surface area contributed by atoms with Gasteiger partial charge in [0, 0.05) is 19.3 Å². The van der Waals surface area contributed by atoms with Crippen molar-refractivity contribution in [3.05, 3.63) is 58.7 Å². The zero-order valence-corrected chi connectivity index (χ0v) is 16.6. The number of sulfonamides is 1. The summed E-state index contributed by atoms with van der Waals surface area (Å²) in [6.45, 7) is 4.42. The normalized spacial score (nSPS) is 13.5. The lowest BCUT2D eigenvalue weighted by Gasteiger charge is -2.18. The number of nitrogens with one attached hydrogen (secondary N) is 1. The number of benzene rings is 2. The van der Waals surface area contributed by atoms with E-state index in [2.05, 4.69) is 4.72 Å². The molecule has 0 saturated carbocycles. The van der Waals surface area contributed by atoms with Gasteiger partial charge in [0.15, 0.2) is 0 Å². The first kappa shape index (κ1) is 19.4. The van der Waals surface area contributed by atoms with E-state index >= 15 is 0 Å². The molecule has 0 bridgehead atoms. The Labute approximate surface area is 160 Å². The molecule has 0 aliphatic carbocycles. The Morgan fingerprint density at radius 1 is 1.19 bits per heavy atom. The van der Waals surface area contributed by atoms with Gasteiger partial charge in [-0.15, -0.1) is 0 Å². The van der Waals surface area contributed by atoms with Crippen molar-refractivity contribution in [3.8, 4) is 0 Å². The highest BCUT2D eigenvalue weighted by molar-refractivity contribution is 7.91. The molecule has 0 atom stereocenters. The lowest BCUT2D eigenvalue weighted by Crippen LogP contribution is -2.32. The molecule has 0 aromatic heterocycles. The molecular weight excluding hydrogens is 364 g/mol. The Kier molecular flexibility index (Phi) is 5.53. The molecular formula is C20H24N2O4S. The second-order valence-corrected chi connectivity index (χ2v) is 8.59. The van der Waals surface area contributed by atoms with E-state index in [1.54, 1.807) is 17.0 Å². The number of hydrogen-bond donors (Lipinski definition) is 1. The largest absolute Gasteiger partial charge is 0.375 e. The monoisotopic (exact) mass is 388 g/mol. The van der Waals surface area contributed by atoms with Crippen molar-refractivity contribution in [2.45, 2.75) is 26.0 Å². The molecule has 0 spiro atoms. The quantitative estimate of drug-likeness (QED) is 0.826. The average molecular weight is 388 g/mol. The zero-order chi connectivity index (χ0) is 19.6. The number of nitrogens with zero attached hydrogens (tertiary/aromatic N) is 1. The molecule has 1 N–H and O–H groups in total. The molecule has 1 heterocycles. The van der Waals surface area contributed by atoms with Crippen molar-refractivity contribution in [1.82, 2.24) is 0 Å². The minimum absolute atomic E-state index is 0.00201. The van der Waals surface area contributed by atoms with Gasteiger partial charge in [-0.1, -0.05) is 29.8 Å². The molecule has 6 nitrogen and oxygen atoms in total. The molecule has 0 saturated heterocycles. The number of anilines is 2. The van der Waals surface area contributed by atoms with Crippen molar-refractivity contribution < 1.29 is 17.9 Å². The predicted molar refractivity (Wildman–Crippen MR) is 107 cm³/mol. The van der Waals surface area contributed by atoms with E-state index in [9.17, 15) is 13.2 Å². The Morgan fingerprint density at radius 3 is 2.70 bits per heavy atom. The average Bonchev–Trinajstić information content (AvgIpc) is 3.01. The third-order valence-corrected chi connectivity index (χ3v) is 5.91. The summed E-state index contributed by atoms with van der Waals surface area (Å²) >= 11 is 0. The SMILES string of the molecule is COCC(=O)N1CCc2ccc(NS(=O)(=O)Cc3cc(C)ccc3C)cc21. The predicted octanol–water partition coefficient (Wildman–Crippen LogP) is 2.78. The molecule has 1 amide bonds. The minimum Gasteiger partial charge on any atom is -0.375 e. The second kappa shape index (κ2) is 7.70. The fourth-order valence-electron chi connectivity index (χ4n) is 3.28. The van der Waals surface area contributed by atoms with Gasteiger partial charge < -0.3 is 9.64 Å². The summed E-state index contributed by atoms with van der Waals surface area (Å²) in [6, 6.07) is 11.1. The van der Waals surface area contributed by atoms with Gasteiger partial charge in [0.25, 0.3) is 5.91 Å². The molecule has 2 aromatic rings. The minimum atomic E-state index is -3.57. The van der Waals surface area contributed by atoms with Crippen molar-refractivity contribution in [1.29, 1.82) is 0 Å². The van der Waals surface area contributed by atoms with Crippen LogP contribution in [0.2, 0.25) is 0 Å². The van der Waals surface area contributed by atoms with Crippen LogP contribution < -0.4 is 9.62 Å². The van der Waals surface area contributed by atoms with Gasteiger partial charge in [-0.2, -0.15) is 0 Å². The maximum Gasteiger partial charge on any atom is 0.252 e. The van der Waals surface area contributed by atoms with Gasteiger partial charge in [-0.25, -0.2) is 8.42 Å². The van der Waals surface area contributed by atoms with E-state index in [4.69, 9.17) is 4.74 Å².